The number of ether oxygens (including phenoxy) is 2. The quantitative estimate of drug-likeness (QED) is 0.732. The molecule has 0 spiro atoms. The number of carbonyl (C=O) groups is 1. The van der Waals surface area contributed by atoms with Crippen molar-refractivity contribution in [2.24, 2.45) is 0 Å². The Morgan fingerprint density at radius 3 is 2.57 bits per heavy atom. The second-order valence-corrected chi connectivity index (χ2v) is 6.67. The molecule has 0 saturated heterocycles. The van der Waals surface area contributed by atoms with Gasteiger partial charge in [0, 0.05) is 18.2 Å². The maximum atomic E-state index is 12.3. The van der Waals surface area contributed by atoms with Crippen molar-refractivity contribution in [1.82, 2.24) is 0 Å². The van der Waals surface area contributed by atoms with Crippen LogP contribution < -0.4 is 4.74 Å². The molecule has 0 aliphatic rings. The minimum atomic E-state index is -3.71. The van der Waals surface area contributed by atoms with E-state index < -0.39 is 15.8 Å². The van der Waals surface area contributed by atoms with Gasteiger partial charge >= 0.3 is 5.97 Å². The second kappa shape index (κ2) is 7.63. The van der Waals surface area contributed by atoms with Gasteiger partial charge < -0.3 is 14.6 Å². The molecular formula is C13H17ClO6S. The Balaban J connectivity index is 3.19. The molecule has 0 radical (unpaired) electrons. The van der Waals surface area contributed by atoms with E-state index in [4.69, 9.17) is 26.2 Å². The van der Waals surface area contributed by atoms with E-state index in [-0.39, 0.29) is 27.0 Å². The monoisotopic (exact) mass is 336 g/mol. The van der Waals surface area contributed by atoms with E-state index in [1.165, 1.54) is 13.2 Å². The molecule has 0 saturated carbocycles. The molecule has 0 unspecified atom stereocenters. The number of benzene rings is 1. The van der Waals surface area contributed by atoms with Gasteiger partial charge in [0.05, 0.1) is 12.9 Å². The van der Waals surface area contributed by atoms with E-state index >= 15 is 0 Å². The Kier molecular flexibility index (Phi) is 6.44. The predicted octanol–water partition coefficient (Wildman–Crippen LogP) is 2.25. The molecule has 0 amide bonds. The summed E-state index contributed by atoms with van der Waals surface area (Å²) in [5.41, 5.74) is -0.284. The van der Waals surface area contributed by atoms with Crippen molar-refractivity contribution >= 4 is 27.4 Å². The van der Waals surface area contributed by atoms with Gasteiger partial charge in [0.15, 0.2) is 15.6 Å². The first-order chi connectivity index (χ1) is 9.83. The normalized spacial score (nSPS) is 11.4. The fourth-order valence-electron chi connectivity index (χ4n) is 1.77. The first kappa shape index (κ1) is 17.7. The van der Waals surface area contributed by atoms with E-state index in [1.807, 2.05) is 6.92 Å². The van der Waals surface area contributed by atoms with Gasteiger partial charge in [-0.1, -0.05) is 11.6 Å². The zero-order valence-corrected chi connectivity index (χ0v) is 13.3. The number of aromatic carboxylic acids is 1. The summed E-state index contributed by atoms with van der Waals surface area (Å²) in [6.45, 7) is 2.63. The first-order valence-corrected chi connectivity index (χ1v) is 8.27. The fourth-order valence-corrected chi connectivity index (χ4v) is 3.56. The van der Waals surface area contributed by atoms with Crippen LogP contribution in [-0.4, -0.2) is 45.6 Å². The van der Waals surface area contributed by atoms with E-state index in [9.17, 15) is 13.2 Å². The van der Waals surface area contributed by atoms with Crippen LogP contribution in [0.3, 0.4) is 0 Å². The van der Waals surface area contributed by atoms with Crippen molar-refractivity contribution in [3.05, 3.63) is 22.7 Å². The molecule has 0 heterocycles. The molecule has 1 aromatic carbocycles. The van der Waals surface area contributed by atoms with Crippen LogP contribution in [0.2, 0.25) is 5.02 Å². The highest BCUT2D eigenvalue weighted by Gasteiger charge is 2.25. The third kappa shape index (κ3) is 4.59. The van der Waals surface area contributed by atoms with Crippen LogP contribution in [0, 0.1) is 0 Å². The molecule has 1 rings (SSSR count). The third-order valence-corrected chi connectivity index (χ3v) is 4.71. The Morgan fingerprint density at radius 1 is 1.38 bits per heavy atom. The summed E-state index contributed by atoms with van der Waals surface area (Å²) in [6, 6.07) is 2.35. The minimum absolute atomic E-state index is 0.0246. The number of hydrogen-bond acceptors (Lipinski definition) is 5. The maximum Gasteiger partial charge on any atom is 0.339 e. The maximum absolute atomic E-state index is 12.3. The van der Waals surface area contributed by atoms with Crippen molar-refractivity contribution in [2.75, 3.05) is 26.1 Å². The highest BCUT2D eigenvalue weighted by molar-refractivity contribution is 7.91. The lowest BCUT2D eigenvalue weighted by Crippen LogP contribution is -2.13. The van der Waals surface area contributed by atoms with Crippen molar-refractivity contribution in [3.8, 4) is 5.75 Å². The molecule has 118 valence electrons. The van der Waals surface area contributed by atoms with Gasteiger partial charge in [0.1, 0.15) is 10.5 Å². The van der Waals surface area contributed by atoms with Gasteiger partial charge in [0.25, 0.3) is 0 Å². The van der Waals surface area contributed by atoms with Gasteiger partial charge in [0.2, 0.25) is 0 Å². The lowest BCUT2D eigenvalue weighted by molar-refractivity contribution is 0.0692. The molecule has 8 heteroatoms. The van der Waals surface area contributed by atoms with Crippen LogP contribution in [0.4, 0.5) is 0 Å². The molecule has 0 aliphatic heterocycles. The topological polar surface area (TPSA) is 89.9 Å². The Hall–Kier alpha value is -1.31. The van der Waals surface area contributed by atoms with E-state index in [0.717, 1.165) is 6.07 Å². The standard InChI is InChI=1S/C13H17ClO6S/c1-3-20-5-4-6-21(17,18)11-8-9(14)7-10(13(15)16)12(11)19-2/h7-8H,3-6H2,1-2H3,(H,15,16). The number of rotatable bonds is 8. The predicted molar refractivity (Wildman–Crippen MR) is 78.1 cm³/mol. The summed E-state index contributed by atoms with van der Waals surface area (Å²) in [7, 11) is -2.50. The molecule has 0 aromatic heterocycles. The number of methoxy groups -OCH3 is 1. The van der Waals surface area contributed by atoms with Gasteiger partial charge in [-0.3, -0.25) is 0 Å². The highest BCUT2D eigenvalue weighted by atomic mass is 35.5. The van der Waals surface area contributed by atoms with Crippen molar-refractivity contribution in [3.63, 3.8) is 0 Å². The van der Waals surface area contributed by atoms with Crippen LogP contribution in [0.1, 0.15) is 23.7 Å². The molecule has 6 nitrogen and oxygen atoms in total. The number of carboxylic acid groups (broad SMARTS) is 1. The third-order valence-electron chi connectivity index (χ3n) is 2.70. The molecule has 0 aliphatic carbocycles. The molecule has 1 N–H and O–H groups in total. The van der Waals surface area contributed by atoms with Crippen molar-refractivity contribution < 1.29 is 27.8 Å². The number of halogens is 1. The summed E-state index contributed by atoms with van der Waals surface area (Å²) in [5.74, 6) is -1.69. The van der Waals surface area contributed by atoms with Crippen LogP contribution in [0.25, 0.3) is 0 Å². The second-order valence-electron chi connectivity index (χ2n) is 4.16. The molecule has 0 bridgehead atoms. The first-order valence-electron chi connectivity index (χ1n) is 6.24. The molecule has 0 fully saturated rings. The molecular weight excluding hydrogens is 320 g/mol. The SMILES string of the molecule is CCOCCCS(=O)(=O)c1cc(Cl)cc(C(=O)O)c1OC. The van der Waals surface area contributed by atoms with E-state index in [1.54, 1.807) is 0 Å². The lowest BCUT2D eigenvalue weighted by atomic mass is 10.2. The zero-order valence-electron chi connectivity index (χ0n) is 11.8. The van der Waals surface area contributed by atoms with Crippen molar-refractivity contribution in [1.29, 1.82) is 0 Å². The Bertz CT molecular complexity index is 611. The molecule has 1 aromatic rings. The number of sulfone groups is 1. The van der Waals surface area contributed by atoms with Gasteiger partial charge in [-0.25, -0.2) is 13.2 Å². The smallest absolute Gasteiger partial charge is 0.339 e. The summed E-state index contributed by atoms with van der Waals surface area (Å²) < 4.78 is 34.7. The summed E-state index contributed by atoms with van der Waals surface area (Å²) >= 11 is 5.80. The summed E-state index contributed by atoms with van der Waals surface area (Å²) in [5, 5.41) is 9.13. The minimum Gasteiger partial charge on any atom is -0.494 e. The van der Waals surface area contributed by atoms with E-state index in [0.29, 0.717) is 19.6 Å². The molecule has 21 heavy (non-hydrogen) atoms. The Morgan fingerprint density at radius 2 is 2.05 bits per heavy atom. The number of hydrogen-bond donors (Lipinski definition) is 1. The van der Waals surface area contributed by atoms with Crippen LogP contribution in [0.5, 0.6) is 5.75 Å². The largest absolute Gasteiger partial charge is 0.494 e. The Labute approximate surface area is 128 Å². The van der Waals surface area contributed by atoms with Gasteiger partial charge in [-0.15, -0.1) is 0 Å². The average molecular weight is 337 g/mol. The van der Waals surface area contributed by atoms with Gasteiger partial charge in [-0.2, -0.15) is 0 Å². The average Bonchev–Trinajstić information content (AvgIpc) is 2.42. The summed E-state index contributed by atoms with van der Waals surface area (Å²) in [4.78, 5) is 10.9. The highest BCUT2D eigenvalue weighted by Crippen LogP contribution is 2.32. The zero-order chi connectivity index (χ0) is 16.0. The van der Waals surface area contributed by atoms with Crippen molar-refractivity contribution in [2.45, 2.75) is 18.2 Å². The molecule has 0 atom stereocenters. The lowest BCUT2D eigenvalue weighted by Gasteiger charge is -2.12. The van der Waals surface area contributed by atoms with E-state index in [2.05, 4.69) is 0 Å². The number of carboxylic acids is 1. The summed E-state index contributed by atoms with van der Waals surface area (Å²) in [6.07, 6.45) is 0.300. The van der Waals surface area contributed by atoms with Crippen LogP contribution >= 0.6 is 11.6 Å². The van der Waals surface area contributed by atoms with Crippen LogP contribution in [0.15, 0.2) is 17.0 Å². The fraction of sp³-hybridized carbons (Fsp3) is 0.462. The van der Waals surface area contributed by atoms with Gasteiger partial charge in [-0.05, 0) is 25.5 Å². The van der Waals surface area contributed by atoms with Crippen LogP contribution in [-0.2, 0) is 14.6 Å².